The topological polar surface area (TPSA) is 62.7 Å². The predicted octanol–water partition coefficient (Wildman–Crippen LogP) is 7.49. The molecule has 0 N–H and O–H groups in total. The Hall–Kier alpha value is -1.64. The Labute approximate surface area is 252 Å². The van der Waals surface area contributed by atoms with Crippen molar-refractivity contribution in [3.05, 3.63) is 36.0 Å². The first-order chi connectivity index (χ1) is 18.7. The van der Waals surface area contributed by atoms with Crippen LogP contribution in [-0.2, 0) is 15.9 Å². The molecule has 1 saturated carbocycles. The number of hydroxylamine groups is 3. The number of halogens is 2. The molecule has 0 amide bonds. The summed E-state index contributed by atoms with van der Waals surface area (Å²) in [5.41, 5.74) is 3.29. The molecule has 0 atom stereocenters. The highest BCUT2D eigenvalue weighted by atomic mass is 35.5. The fourth-order valence-corrected chi connectivity index (χ4v) is 6.00. The minimum Gasteiger partial charge on any atom is -0.490 e. The van der Waals surface area contributed by atoms with Gasteiger partial charge in [0.25, 0.3) is 5.88 Å². The van der Waals surface area contributed by atoms with E-state index in [4.69, 9.17) is 19.0 Å². The van der Waals surface area contributed by atoms with Gasteiger partial charge in [-0.2, -0.15) is 5.10 Å². The Kier molecular flexibility index (Phi) is 13.7. The van der Waals surface area contributed by atoms with E-state index in [1.54, 1.807) is 0 Å². The number of rotatable bonds is 11. The lowest BCUT2D eigenvalue weighted by Crippen LogP contribution is -2.55. The second-order valence-corrected chi connectivity index (χ2v) is 11.2. The number of likely N-dealkylation sites (tertiary alicyclic amines) is 1. The molecule has 3 aliphatic rings. The highest BCUT2D eigenvalue weighted by Crippen LogP contribution is 2.31. The summed E-state index contributed by atoms with van der Waals surface area (Å²) in [5.74, 6) is 1.56. The van der Waals surface area contributed by atoms with Gasteiger partial charge in [-0.3, -0.25) is 4.84 Å². The third-order valence-electron chi connectivity index (χ3n) is 8.22. The molecule has 1 aromatic heterocycles. The summed E-state index contributed by atoms with van der Waals surface area (Å²) < 4.78 is 18.5. The van der Waals surface area contributed by atoms with Crippen molar-refractivity contribution in [1.29, 1.82) is 0 Å². The van der Waals surface area contributed by atoms with Crippen molar-refractivity contribution in [3.63, 3.8) is 0 Å². The van der Waals surface area contributed by atoms with Crippen LogP contribution in [0.1, 0.15) is 89.7 Å². The molecule has 0 bridgehead atoms. The van der Waals surface area contributed by atoms with Crippen LogP contribution in [0, 0.1) is 0 Å². The lowest BCUT2D eigenvalue weighted by Gasteiger charge is -2.38. The summed E-state index contributed by atoms with van der Waals surface area (Å²) in [4.78, 5) is 6.71. The molecule has 0 unspecified atom stereocenters. The van der Waals surface area contributed by atoms with E-state index in [9.17, 15) is 0 Å². The molecular weight excluding hydrogens is 549 g/mol. The monoisotopic (exact) mass is 596 g/mol. The summed E-state index contributed by atoms with van der Waals surface area (Å²) in [7, 11) is 0. The number of aryl methyl sites for hydroxylation is 1. The average molecular weight is 598 g/mol. The Balaban J connectivity index is 0.00000220. The number of benzene rings is 1. The molecule has 1 aromatic carbocycles. The zero-order chi connectivity index (χ0) is 26.0. The third-order valence-corrected chi connectivity index (χ3v) is 8.22. The number of aromatic nitrogens is 2. The van der Waals surface area contributed by atoms with E-state index >= 15 is 0 Å². The van der Waals surface area contributed by atoms with Crippen LogP contribution in [0.5, 0.6) is 11.6 Å². The second-order valence-electron chi connectivity index (χ2n) is 11.2. The van der Waals surface area contributed by atoms with Gasteiger partial charge in [-0.15, -0.1) is 34.6 Å². The zero-order valence-electron chi connectivity index (χ0n) is 24.1. The molecular formula is C31H48Cl2N3O4+. The van der Waals surface area contributed by atoms with Crippen LogP contribution < -0.4 is 9.57 Å². The molecule has 2 aromatic rings. The van der Waals surface area contributed by atoms with E-state index in [0.717, 1.165) is 113 Å². The van der Waals surface area contributed by atoms with Crippen molar-refractivity contribution in [2.75, 3.05) is 32.8 Å². The SMILES string of the molecule is CCCCc1nnc(O[N+]2(CCC3OCCCO3)CCCCC2)cc1-c1ccc(OC2CCCCC2)cc1.Cl.Cl. The van der Waals surface area contributed by atoms with Gasteiger partial charge in [0.1, 0.15) is 25.4 Å². The fraction of sp³-hybridized carbons (Fsp3) is 0.677. The van der Waals surface area contributed by atoms with E-state index in [2.05, 4.69) is 47.5 Å². The van der Waals surface area contributed by atoms with Gasteiger partial charge in [0.2, 0.25) is 0 Å². The Bertz CT molecular complexity index is 993. The molecule has 1 aliphatic carbocycles. The predicted molar refractivity (Wildman–Crippen MR) is 162 cm³/mol. The first kappa shape index (κ1) is 32.9. The smallest absolute Gasteiger partial charge is 0.300 e. The van der Waals surface area contributed by atoms with Crippen molar-refractivity contribution in [2.45, 2.75) is 103 Å². The number of quaternary nitrogens is 1. The molecule has 224 valence electrons. The standard InChI is InChI=1S/C31H46N3O4.2ClH/c1-2-3-13-29-28(25-14-16-27(17-15-25)37-26-11-6-4-7-12-26)24-30(33-32-29)38-34(19-8-5-9-20-34)21-18-31-35-22-10-23-36-31;;/h14-17,24,26,31H,2-13,18-23H2,1H3;2*1H/q+1;;. The molecule has 2 saturated heterocycles. The fourth-order valence-electron chi connectivity index (χ4n) is 6.00. The van der Waals surface area contributed by atoms with Gasteiger partial charge in [0.15, 0.2) is 6.29 Å². The van der Waals surface area contributed by atoms with Crippen molar-refractivity contribution in [3.8, 4) is 22.8 Å². The maximum Gasteiger partial charge on any atom is 0.300 e. The van der Waals surface area contributed by atoms with Gasteiger partial charge in [0, 0.05) is 24.5 Å². The molecule has 3 fully saturated rings. The average Bonchev–Trinajstić information content (AvgIpc) is 2.97. The highest BCUT2D eigenvalue weighted by molar-refractivity contribution is 5.85. The Morgan fingerprint density at radius 1 is 0.875 bits per heavy atom. The van der Waals surface area contributed by atoms with E-state index in [1.807, 2.05) is 0 Å². The number of hydrogen-bond donors (Lipinski definition) is 0. The third kappa shape index (κ3) is 9.18. The van der Waals surface area contributed by atoms with Crippen LogP contribution >= 0.6 is 24.8 Å². The maximum atomic E-state index is 6.71. The van der Waals surface area contributed by atoms with Gasteiger partial charge >= 0.3 is 0 Å². The molecule has 2 aliphatic heterocycles. The molecule has 0 spiro atoms. The first-order valence-corrected chi connectivity index (χ1v) is 15.2. The summed E-state index contributed by atoms with van der Waals surface area (Å²) in [6, 6.07) is 10.7. The van der Waals surface area contributed by atoms with Gasteiger partial charge in [-0.05, 0) is 69.1 Å². The van der Waals surface area contributed by atoms with Crippen LogP contribution in [0.3, 0.4) is 0 Å². The number of unbranched alkanes of at least 4 members (excludes halogenated alkanes) is 1. The van der Waals surface area contributed by atoms with Gasteiger partial charge in [-0.1, -0.05) is 31.9 Å². The number of piperidine rings is 1. The molecule has 9 heteroatoms. The van der Waals surface area contributed by atoms with Crippen LogP contribution in [0.25, 0.3) is 11.1 Å². The number of hydrogen-bond acceptors (Lipinski definition) is 6. The quantitative estimate of drug-likeness (QED) is 0.250. The highest BCUT2D eigenvalue weighted by Gasteiger charge is 2.35. The van der Waals surface area contributed by atoms with E-state index < -0.39 is 0 Å². The molecule has 7 nitrogen and oxygen atoms in total. The molecule has 0 radical (unpaired) electrons. The van der Waals surface area contributed by atoms with E-state index in [-0.39, 0.29) is 31.1 Å². The Morgan fingerprint density at radius 3 is 2.27 bits per heavy atom. The largest absolute Gasteiger partial charge is 0.490 e. The maximum absolute atomic E-state index is 6.71. The first-order valence-electron chi connectivity index (χ1n) is 15.2. The zero-order valence-corrected chi connectivity index (χ0v) is 25.7. The Morgan fingerprint density at radius 2 is 1.57 bits per heavy atom. The number of nitrogens with zero attached hydrogens (tertiary/aromatic N) is 3. The lowest BCUT2D eigenvalue weighted by molar-refractivity contribution is -1.08. The minimum atomic E-state index is -0.128. The van der Waals surface area contributed by atoms with Crippen LogP contribution in [0.15, 0.2) is 30.3 Å². The van der Waals surface area contributed by atoms with E-state index in [1.165, 1.54) is 25.7 Å². The minimum absolute atomic E-state index is 0. The van der Waals surface area contributed by atoms with Gasteiger partial charge < -0.3 is 14.2 Å². The molecule has 40 heavy (non-hydrogen) atoms. The summed E-state index contributed by atoms with van der Waals surface area (Å²) in [5, 5.41) is 9.26. The summed E-state index contributed by atoms with van der Waals surface area (Å²) in [6.07, 6.45) is 14.9. The molecule has 5 rings (SSSR count). The molecule has 3 heterocycles. The van der Waals surface area contributed by atoms with Crippen molar-refractivity contribution < 1.29 is 23.7 Å². The van der Waals surface area contributed by atoms with Gasteiger partial charge in [-0.25, -0.2) is 0 Å². The van der Waals surface area contributed by atoms with Crippen LogP contribution in [0.2, 0.25) is 0 Å². The van der Waals surface area contributed by atoms with Gasteiger partial charge in [0.05, 0.1) is 31.4 Å². The summed E-state index contributed by atoms with van der Waals surface area (Å²) >= 11 is 0. The summed E-state index contributed by atoms with van der Waals surface area (Å²) in [6.45, 7) is 6.59. The van der Waals surface area contributed by atoms with Crippen molar-refractivity contribution in [2.24, 2.45) is 0 Å². The lowest BCUT2D eigenvalue weighted by atomic mass is 9.97. The van der Waals surface area contributed by atoms with Crippen LogP contribution in [-0.4, -0.2) is 60.1 Å². The van der Waals surface area contributed by atoms with Crippen molar-refractivity contribution in [1.82, 2.24) is 10.2 Å². The van der Waals surface area contributed by atoms with E-state index in [0.29, 0.717) is 16.6 Å². The second kappa shape index (κ2) is 16.7. The normalized spacial score (nSPS) is 19.7. The number of ether oxygens (including phenoxy) is 3. The van der Waals surface area contributed by atoms with Crippen LogP contribution in [0.4, 0.5) is 0 Å². The van der Waals surface area contributed by atoms with Crippen molar-refractivity contribution >= 4 is 24.8 Å².